The van der Waals surface area contributed by atoms with E-state index in [1.54, 1.807) is 0 Å². The summed E-state index contributed by atoms with van der Waals surface area (Å²) in [5.41, 5.74) is 1.45. The van der Waals surface area contributed by atoms with Gasteiger partial charge in [0, 0.05) is 0 Å². The number of hydrogen-bond donors (Lipinski definition) is 0. The lowest BCUT2D eigenvalue weighted by atomic mass is 9.89. The highest BCUT2D eigenvalue weighted by molar-refractivity contribution is 5.70. The van der Waals surface area contributed by atoms with Crippen molar-refractivity contribution in [1.82, 2.24) is 0 Å². The van der Waals surface area contributed by atoms with E-state index in [1.165, 1.54) is 12.8 Å². The molecule has 21 heavy (non-hydrogen) atoms. The van der Waals surface area contributed by atoms with Crippen LogP contribution in [0.2, 0.25) is 0 Å². The summed E-state index contributed by atoms with van der Waals surface area (Å²) in [6.45, 7) is 7.71. The third-order valence-corrected chi connectivity index (χ3v) is 3.17. The van der Waals surface area contributed by atoms with Gasteiger partial charge in [0.05, 0.1) is 13.2 Å². The molecule has 0 radical (unpaired) electrons. The van der Waals surface area contributed by atoms with Crippen LogP contribution in [0.3, 0.4) is 0 Å². The van der Waals surface area contributed by atoms with E-state index in [1.807, 2.05) is 30.3 Å². The van der Waals surface area contributed by atoms with Crippen molar-refractivity contribution in [3.63, 3.8) is 0 Å². The summed E-state index contributed by atoms with van der Waals surface area (Å²) in [7, 11) is 0. The summed E-state index contributed by atoms with van der Waals surface area (Å²) in [6.07, 6.45) is 4.43. The summed E-state index contributed by atoms with van der Waals surface area (Å²) in [5, 5.41) is 0. The highest BCUT2D eigenvalue weighted by atomic mass is 16.6. The Balaban J connectivity index is 1.97. The monoisotopic (exact) mass is 292 g/mol. The molecule has 3 heteroatoms. The molecular weight excluding hydrogens is 264 g/mol. The first-order valence-corrected chi connectivity index (χ1v) is 7.75. The van der Waals surface area contributed by atoms with Crippen LogP contribution in [-0.4, -0.2) is 19.2 Å². The van der Waals surface area contributed by atoms with Crippen LogP contribution in [0.1, 0.15) is 52.0 Å². The molecular formula is C18H28O3. The van der Waals surface area contributed by atoms with E-state index in [0.29, 0.717) is 18.6 Å². The van der Waals surface area contributed by atoms with Gasteiger partial charge >= 0.3 is 5.97 Å². The average molecular weight is 292 g/mol. The van der Waals surface area contributed by atoms with Gasteiger partial charge in [-0.2, -0.15) is 0 Å². The molecule has 0 saturated heterocycles. The van der Waals surface area contributed by atoms with Crippen LogP contribution in [0.4, 0.5) is 0 Å². The third kappa shape index (κ3) is 10.1. The molecule has 1 aromatic rings. The summed E-state index contributed by atoms with van der Waals surface area (Å²) in [4.78, 5) is 11.5. The third-order valence-electron chi connectivity index (χ3n) is 3.17. The van der Waals surface area contributed by atoms with E-state index < -0.39 is 0 Å². The maximum atomic E-state index is 11.5. The van der Waals surface area contributed by atoms with Crippen LogP contribution in [-0.2, 0) is 20.9 Å². The lowest BCUT2D eigenvalue weighted by molar-refractivity contribution is -0.149. The molecule has 0 bridgehead atoms. The minimum atomic E-state index is -0.276. The van der Waals surface area contributed by atoms with Gasteiger partial charge in [0.1, 0.15) is 6.61 Å². The molecule has 1 aromatic carbocycles. The van der Waals surface area contributed by atoms with Crippen LogP contribution in [0.25, 0.3) is 0 Å². The molecule has 0 heterocycles. The van der Waals surface area contributed by atoms with Gasteiger partial charge in [-0.1, -0.05) is 63.9 Å². The Kier molecular flexibility index (Phi) is 8.06. The summed E-state index contributed by atoms with van der Waals surface area (Å²) in [6, 6.07) is 9.81. The molecule has 3 nitrogen and oxygen atoms in total. The Morgan fingerprint density at radius 3 is 2.43 bits per heavy atom. The van der Waals surface area contributed by atoms with Gasteiger partial charge in [-0.15, -0.1) is 0 Å². The molecule has 0 aliphatic heterocycles. The fourth-order valence-electron chi connectivity index (χ4n) is 1.99. The second-order valence-electron chi connectivity index (χ2n) is 6.57. The summed E-state index contributed by atoms with van der Waals surface area (Å²) < 4.78 is 10.5. The SMILES string of the molecule is CC(C)(C)CCCCCOC(=O)COCc1ccccc1. The number of hydrogen-bond acceptors (Lipinski definition) is 3. The standard InChI is InChI=1S/C18H28O3/c1-18(2,3)12-8-5-9-13-21-17(19)15-20-14-16-10-6-4-7-11-16/h4,6-7,10-11H,5,8-9,12-15H2,1-3H3. The Morgan fingerprint density at radius 2 is 1.76 bits per heavy atom. The lowest BCUT2D eigenvalue weighted by Gasteiger charge is -2.17. The van der Waals surface area contributed by atoms with Crippen molar-refractivity contribution >= 4 is 5.97 Å². The van der Waals surface area contributed by atoms with Crippen molar-refractivity contribution in [3.8, 4) is 0 Å². The van der Waals surface area contributed by atoms with Gasteiger partial charge in [0.2, 0.25) is 0 Å². The van der Waals surface area contributed by atoms with Crippen molar-refractivity contribution < 1.29 is 14.3 Å². The smallest absolute Gasteiger partial charge is 0.332 e. The zero-order chi connectivity index (χ0) is 15.6. The quantitative estimate of drug-likeness (QED) is 0.501. The Hall–Kier alpha value is -1.35. The van der Waals surface area contributed by atoms with Crippen molar-refractivity contribution in [2.45, 2.75) is 53.1 Å². The molecule has 0 amide bonds. The first kappa shape index (κ1) is 17.7. The van der Waals surface area contributed by atoms with Crippen LogP contribution in [0.15, 0.2) is 30.3 Å². The van der Waals surface area contributed by atoms with Crippen LogP contribution >= 0.6 is 0 Å². The molecule has 118 valence electrons. The van der Waals surface area contributed by atoms with Crippen molar-refractivity contribution in [2.75, 3.05) is 13.2 Å². The van der Waals surface area contributed by atoms with Crippen LogP contribution < -0.4 is 0 Å². The van der Waals surface area contributed by atoms with E-state index in [0.717, 1.165) is 18.4 Å². The van der Waals surface area contributed by atoms with E-state index >= 15 is 0 Å². The molecule has 0 aromatic heterocycles. The zero-order valence-electron chi connectivity index (χ0n) is 13.6. The average Bonchev–Trinajstić information content (AvgIpc) is 2.43. The predicted octanol–water partition coefficient (Wildman–Crippen LogP) is 4.35. The Labute approximate surface area is 128 Å². The number of unbranched alkanes of at least 4 members (excludes halogenated alkanes) is 2. The second kappa shape index (κ2) is 9.56. The number of carbonyl (C=O) groups is 1. The maximum Gasteiger partial charge on any atom is 0.332 e. The van der Waals surface area contributed by atoms with Crippen LogP contribution in [0, 0.1) is 5.41 Å². The highest BCUT2D eigenvalue weighted by Gasteiger charge is 2.09. The molecule has 0 saturated carbocycles. The molecule has 0 fully saturated rings. The number of ether oxygens (including phenoxy) is 2. The number of esters is 1. The van der Waals surface area contributed by atoms with E-state index in [9.17, 15) is 4.79 Å². The molecule has 0 aliphatic carbocycles. The van der Waals surface area contributed by atoms with Gasteiger partial charge in [-0.3, -0.25) is 0 Å². The van der Waals surface area contributed by atoms with Crippen molar-refractivity contribution in [1.29, 1.82) is 0 Å². The largest absolute Gasteiger partial charge is 0.464 e. The predicted molar refractivity (Wildman–Crippen MR) is 85.0 cm³/mol. The first-order chi connectivity index (χ1) is 9.97. The molecule has 1 rings (SSSR count). The number of carbonyl (C=O) groups excluding carboxylic acids is 1. The molecule has 0 N–H and O–H groups in total. The Morgan fingerprint density at radius 1 is 1.05 bits per heavy atom. The van der Waals surface area contributed by atoms with Gasteiger partial charge < -0.3 is 9.47 Å². The van der Waals surface area contributed by atoms with E-state index in [-0.39, 0.29) is 12.6 Å². The Bertz CT molecular complexity index is 393. The van der Waals surface area contributed by atoms with Gasteiger partial charge in [0.25, 0.3) is 0 Å². The lowest BCUT2D eigenvalue weighted by Crippen LogP contribution is -2.13. The molecule has 0 atom stereocenters. The van der Waals surface area contributed by atoms with Gasteiger partial charge in [-0.25, -0.2) is 4.79 Å². The second-order valence-corrected chi connectivity index (χ2v) is 6.57. The minimum absolute atomic E-state index is 0.0247. The van der Waals surface area contributed by atoms with Crippen molar-refractivity contribution in [2.24, 2.45) is 5.41 Å². The maximum absolute atomic E-state index is 11.5. The van der Waals surface area contributed by atoms with Gasteiger partial charge in [-0.05, 0) is 23.8 Å². The van der Waals surface area contributed by atoms with Gasteiger partial charge in [0.15, 0.2) is 0 Å². The molecule has 0 aliphatic rings. The topological polar surface area (TPSA) is 35.5 Å². The van der Waals surface area contributed by atoms with Crippen molar-refractivity contribution in [3.05, 3.63) is 35.9 Å². The zero-order valence-corrected chi connectivity index (χ0v) is 13.6. The normalized spacial score (nSPS) is 11.4. The molecule has 0 spiro atoms. The fourth-order valence-corrected chi connectivity index (χ4v) is 1.99. The fraction of sp³-hybridized carbons (Fsp3) is 0.611. The highest BCUT2D eigenvalue weighted by Crippen LogP contribution is 2.21. The van der Waals surface area contributed by atoms with E-state index in [2.05, 4.69) is 20.8 Å². The number of rotatable bonds is 9. The summed E-state index contributed by atoms with van der Waals surface area (Å²) in [5.74, 6) is -0.276. The van der Waals surface area contributed by atoms with Crippen LogP contribution in [0.5, 0.6) is 0 Å². The first-order valence-electron chi connectivity index (χ1n) is 7.75. The van der Waals surface area contributed by atoms with E-state index in [4.69, 9.17) is 9.47 Å². The summed E-state index contributed by atoms with van der Waals surface area (Å²) >= 11 is 0. The number of benzene rings is 1. The molecule has 0 unspecified atom stereocenters. The minimum Gasteiger partial charge on any atom is -0.464 e.